The van der Waals surface area contributed by atoms with Gasteiger partial charge in [-0.25, -0.2) is 0 Å². The first-order valence-corrected chi connectivity index (χ1v) is 4.01. The molecule has 2 nitrogen and oxygen atoms in total. The summed E-state index contributed by atoms with van der Waals surface area (Å²) in [7, 11) is 0. The van der Waals surface area contributed by atoms with Crippen LogP contribution in [0.5, 0.6) is 0 Å². The van der Waals surface area contributed by atoms with Crippen molar-refractivity contribution in [2.45, 2.75) is 18.9 Å². The lowest BCUT2D eigenvalue weighted by Crippen LogP contribution is -1.96. The second kappa shape index (κ2) is 4.67. The highest BCUT2D eigenvalue weighted by Gasteiger charge is 2.04. The van der Waals surface area contributed by atoms with E-state index in [1.807, 2.05) is 30.3 Å². The molecule has 1 aromatic carbocycles. The molecular weight excluding hydrogens is 152 g/mol. The van der Waals surface area contributed by atoms with Gasteiger partial charge in [0.05, 0.1) is 6.10 Å². The number of carbonyl (C=O) groups excluding carboxylic acids is 1. The van der Waals surface area contributed by atoms with Gasteiger partial charge in [0.1, 0.15) is 6.29 Å². The Bertz CT molecular complexity index is 231. The minimum atomic E-state index is -0.503. The molecule has 64 valence electrons. The van der Waals surface area contributed by atoms with Gasteiger partial charge in [-0.3, -0.25) is 0 Å². The van der Waals surface area contributed by atoms with Crippen LogP contribution in [0.25, 0.3) is 0 Å². The van der Waals surface area contributed by atoms with Gasteiger partial charge in [0.25, 0.3) is 0 Å². The molecule has 0 aromatic heterocycles. The fourth-order valence-corrected chi connectivity index (χ4v) is 1.07. The summed E-state index contributed by atoms with van der Waals surface area (Å²) < 4.78 is 0. The quantitative estimate of drug-likeness (QED) is 0.688. The van der Waals surface area contributed by atoms with Crippen LogP contribution in [0.15, 0.2) is 30.3 Å². The van der Waals surface area contributed by atoms with E-state index >= 15 is 0 Å². The second-order valence-electron chi connectivity index (χ2n) is 2.67. The van der Waals surface area contributed by atoms with Crippen LogP contribution < -0.4 is 0 Å². The third kappa shape index (κ3) is 2.47. The minimum Gasteiger partial charge on any atom is -0.388 e. The van der Waals surface area contributed by atoms with Crippen molar-refractivity contribution in [3.8, 4) is 0 Å². The summed E-state index contributed by atoms with van der Waals surface area (Å²) in [5.74, 6) is 0. The van der Waals surface area contributed by atoms with Crippen LogP contribution in [0.3, 0.4) is 0 Å². The second-order valence-corrected chi connectivity index (χ2v) is 2.67. The normalized spacial score (nSPS) is 12.4. The highest BCUT2D eigenvalue weighted by atomic mass is 16.3. The third-order valence-corrected chi connectivity index (χ3v) is 1.74. The van der Waals surface area contributed by atoms with Crippen LogP contribution in [-0.2, 0) is 4.79 Å². The maximum atomic E-state index is 10.0. The molecule has 0 aliphatic heterocycles. The summed E-state index contributed by atoms with van der Waals surface area (Å²) in [5.41, 5.74) is 0.874. The van der Waals surface area contributed by atoms with Crippen molar-refractivity contribution in [1.82, 2.24) is 0 Å². The Morgan fingerprint density at radius 2 is 2.00 bits per heavy atom. The fourth-order valence-electron chi connectivity index (χ4n) is 1.07. The first kappa shape index (κ1) is 8.94. The fraction of sp³-hybridized carbons (Fsp3) is 0.300. The van der Waals surface area contributed by atoms with Gasteiger partial charge < -0.3 is 9.90 Å². The molecular formula is C10H12O2. The first-order chi connectivity index (χ1) is 5.84. The van der Waals surface area contributed by atoms with Crippen molar-refractivity contribution < 1.29 is 9.90 Å². The van der Waals surface area contributed by atoms with Gasteiger partial charge in [-0.2, -0.15) is 0 Å². The number of rotatable bonds is 4. The maximum absolute atomic E-state index is 10.0. The van der Waals surface area contributed by atoms with E-state index in [9.17, 15) is 9.90 Å². The number of hydrogen-bond donors (Lipinski definition) is 1. The molecule has 1 N–H and O–H groups in total. The third-order valence-electron chi connectivity index (χ3n) is 1.74. The van der Waals surface area contributed by atoms with E-state index in [-0.39, 0.29) is 0 Å². The van der Waals surface area contributed by atoms with Crippen molar-refractivity contribution in [1.29, 1.82) is 0 Å². The maximum Gasteiger partial charge on any atom is 0.120 e. The van der Waals surface area contributed by atoms with E-state index in [1.165, 1.54) is 0 Å². The van der Waals surface area contributed by atoms with Gasteiger partial charge in [-0.05, 0) is 12.0 Å². The monoisotopic (exact) mass is 164 g/mol. The van der Waals surface area contributed by atoms with Crippen molar-refractivity contribution in [2.75, 3.05) is 0 Å². The van der Waals surface area contributed by atoms with Crippen LogP contribution in [0, 0.1) is 0 Å². The van der Waals surface area contributed by atoms with Crippen molar-refractivity contribution in [2.24, 2.45) is 0 Å². The Labute approximate surface area is 71.8 Å². The Kier molecular flexibility index (Phi) is 3.48. The predicted molar refractivity (Wildman–Crippen MR) is 46.7 cm³/mol. The summed E-state index contributed by atoms with van der Waals surface area (Å²) in [6.07, 6.45) is 1.24. The standard InChI is InChI=1S/C10H12O2/c11-8-4-7-10(12)9-5-2-1-3-6-9/h1-3,5-6,8,10,12H,4,7H2/t10-/m1/s1. The smallest absolute Gasteiger partial charge is 0.120 e. The predicted octanol–water partition coefficient (Wildman–Crippen LogP) is 1.70. The highest BCUT2D eigenvalue weighted by Crippen LogP contribution is 2.16. The number of aliphatic hydroxyl groups excluding tert-OH is 1. The summed E-state index contributed by atoms with van der Waals surface area (Å²) in [5, 5.41) is 9.49. The van der Waals surface area contributed by atoms with Gasteiger partial charge in [-0.1, -0.05) is 30.3 Å². The molecule has 0 amide bonds. The van der Waals surface area contributed by atoms with Gasteiger partial charge in [0, 0.05) is 6.42 Å². The molecule has 0 bridgehead atoms. The van der Waals surface area contributed by atoms with E-state index in [0.29, 0.717) is 12.8 Å². The van der Waals surface area contributed by atoms with E-state index in [4.69, 9.17) is 0 Å². The summed E-state index contributed by atoms with van der Waals surface area (Å²) in [6.45, 7) is 0. The molecule has 0 aliphatic carbocycles. The van der Waals surface area contributed by atoms with E-state index < -0.39 is 6.10 Å². The number of aldehydes is 1. The average Bonchev–Trinajstić information content (AvgIpc) is 2.15. The van der Waals surface area contributed by atoms with E-state index in [1.54, 1.807) is 0 Å². The van der Waals surface area contributed by atoms with Crippen molar-refractivity contribution in [3.05, 3.63) is 35.9 Å². The summed E-state index contributed by atoms with van der Waals surface area (Å²) >= 11 is 0. The van der Waals surface area contributed by atoms with Crippen LogP contribution in [-0.4, -0.2) is 11.4 Å². The lowest BCUT2D eigenvalue weighted by molar-refractivity contribution is -0.108. The zero-order valence-corrected chi connectivity index (χ0v) is 6.81. The molecule has 0 saturated carbocycles. The Morgan fingerprint density at radius 3 is 2.58 bits per heavy atom. The average molecular weight is 164 g/mol. The van der Waals surface area contributed by atoms with Crippen LogP contribution in [0.2, 0.25) is 0 Å². The summed E-state index contributed by atoms with van der Waals surface area (Å²) in [6, 6.07) is 9.36. The minimum absolute atomic E-state index is 0.413. The molecule has 1 atom stereocenters. The Morgan fingerprint density at radius 1 is 1.33 bits per heavy atom. The lowest BCUT2D eigenvalue weighted by Gasteiger charge is -2.07. The molecule has 12 heavy (non-hydrogen) atoms. The molecule has 1 aromatic rings. The molecule has 0 fully saturated rings. The van der Waals surface area contributed by atoms with Gasteiger partial charge in [0.2, 0.25) is 0 Å². The molecule has 0 heterocycles. The SMILES string of the molecule is O=CCC[C@@H](O)c1ccccc1. The number of aliphatic hydroxyl groups is 1. The van der Waals surface area contributed by atoms with Crippen LogP contribution in [0.4, 0.5) is 0 Å². The van der Waals surface area contributed by atoms with Gasteiger partial charge in [-0.15, -0.1) is 0 Å². The number of hydrogen-bond acceptors (Lipinski definition) is 2. The highest BCUT2D eigenvalue weighted by molar-refractivity contribution is 5.49. The van der Waals surface area contributed by atoms with Crippen molar-refractivity contribution >= 4 is 6.29 Å². The first-order valence-electron chi connectivity index (χ1n) is 4.01. The molecule has 0 saturated heterocycles. The zero-order chi connectivity index (χ0) is 8.81. The molecule has 2 heteroatoms. The lowest BCUT2D eigenvalue weighted by atomic mass is 10.1. The van der Waals surface area contributed by atoms with E-state index in [0.717, 1.165) is 11.8 Å². The summed E-state index contributed by atoms with van der Waals surface area (Å²) in [4.78, 5) is 10.0. The Hall–Kier alpha value is -1.15. The van der Waals surface area contributed by atoms with Crippen LogP contribution in [0.1, 0.15) is 24.5 Å². The molecule has 0 radical (unpaired) electrons. The van der Waals surface area contributed by atoms with E-state index in [2.05, 4.69) is 0 Å². The van der Waals surface area contributed by atoms with Gasteiger partial charge in [0.15, 0.2) is 0 Å². The molecule has 0 aliphatic rings. The number of carbonyl (C=O) groups is 1. The molecule has 1 rings (SSSR count). The molecule has 0 unspecified atom stereocenters. The number of benzene rings is 1. The van der Waals surface area contributed by atoms with Gasteiger partial charge >= 0.3 is 0 Å². The largest absolute Gasteiger partial charge is 0.388 e. The molecule has 0 spiro atoms. The zero-order valence-electron chi connectivity index (χ0n) is 6.81. The van der Waals surface area contributed by atoms with Crippen LogP contribution >= 0.6 is 0 Å². The Balaban J connectivity index is 2.53. The van der Waals surface area contributed by atoms with Crippen molar-refractivity contribution in [3.63, 3.8) is 0 Å². The topological polar surface area (TPSA) is 37.3 Å².